The molecule has 4 rings (SSSR count). The van der Waals surface area contributed by atoms with Gasteiger partial charge in [-0.2, -0.15) is 4.31 Å². The van der Waals surface area contributed by atoms with Gasteiger partial charge in [-0.3, -0.25) is 4.90 Å². The maximum Gasteiger partial charge on any atom is 0.243 e. The number of nitrogens with zero attached hydrogens (tertiary/aromatic N) is 2. The highest BCUT2D eigenvalue weighted by Gasteiger charge is 2.45. The van der Waals surface area contributed by atoms with Crippen LogP contribution >= 0.6 is 0 Å². The zero-order valence-corrected chi connectivity index (χ0v) is 17.5. The number of sulfonamides is 1. The van der Waals surface area contributed by atoms with Crippen LogP contribution in [0.3, 0.4) is 0 Å². The lowest BCUT2D eigenvalue weighted by molar-refractivity contribution is 0.0242. The van der Waals surface area contributed by atoms with Crippen molar-refractivity contribution in [2.75, 3.05) is 39.3 Å². The van der Waals surface area contributed by atoms with Gasteiger partial charge in [-0.25, -0.2) is 8.42 Å². The number of aryl methyl sites for hydroxylation is 1. The first-order valence-corrected chi connectivity index (χ1v) is 11.9. The first-order chi connectivity index (χ1) is 13.4. The second-order valence-electron chi connectivity index (χ2n) is 8.86. The van der Waals surface area contributed by atoms with Gasteiger partial charge in [-0.05, 0) is 62.6 Å². The van der Waals surface area contributed by atoms with Crippen LogP contribution in [-0.2, 0) is 14.8 Å². The van der Waals surface area contributed by atoms with Crippen LogP contribution in [0, 0.1) is 12.3 Å². The van der Waals surface area contributed by atoms with E-state index in [0.717, 1.165) is 63.9 Å². The molecule has 3 aliphatic rings. The van der Waals surface area contributed by atoms with Gasteiger partial charge >= 0.3 is 0 Å². The molecule has 28 heavy (non-hydrogen) atoms. The third-order valence-electron chi connectivity index (χ3n) is 6.72. The Kier molecular flexibility index (Phi) is 5.82. The Morgan fingerprint density at radius 1 is 1.21 bits per heavy atom. The molecular formula is C21H32N2O4S. The lowest BCUT2D eigenvalue weighted by atomic mass is 9.77. The molecule has 6 nitrogen and oxygen atoms in total. The third kappa shape index (κ3) is 4.14. The Balaban J connectivity index is 1.34. The van der Waals surface area contributed by atoms with Gasteiger partial charge in [0.25, 0.3) is 0 Å². The van der Waals surface area contributed by atoms with Crippen molar-refractivity contribution in [3.8, 4) is 0 Å². The zero-order chi connectivity index (χ0) is 19.8. The molecule has 1 N–H and O–H groups in total. The molecule has 3 saturated heterocycles. The first kappa shape index (κ1) is 20.3. The Morgan fingerprint density at radius 2 is 1.96 bits per heavy atom. The number of hydrogen-bond donors (Lipinski definition) is 1. The topological polar surface area (TPSA) is 70.1 Å². The van der Waals surface area contributed by atoms with E-state index in [1.54, 1.807) is 16.4 Å². The van der Waals surface area contributed by atoms with Crippen LogP contribution in [0.2, 0.25) is 0 Å². The fourth-order valence-electron chi connectivity index (χ4n) is 5.03. The molecule has 0 saturated carbocycles. The van der Waals surface area contributed by atoms with Crippen molar-refractivity contribution in [3.05, 3.63) is 29.8 Å². The fourth-order valence-corrected chi connectivity index (χ4v) is 6.70. The Morgan fingerprint density at radius 3 is 2.68 bits per heavy atom. The molecule has 0 amide bonds. The summed E-state index contributed by atoms with van der Waals surface area (Å²) in [6.45, 7) is 6.37. The van der Waals surface area contributed by atoms with E-state index < -0.39 is 10.0 Å². The third-order valence-corrected chi connectivity index (χ3v) is 8.78. The summed E-state index contributed by atoms with van der Waals surface area (Å²) in [6.07, 6.45) is 4.65. The number of ether oxygens (including phenoxy) is 1. The molecule has 3 fully saturated rings. The summed E-state index contributed by atoms with van der Waals surface area (Å²) in [5.41, 5.74) is 0.910. The highest BCUT2D eigenvalue weighted by molar-refractivity contribution is 7.89. The molecule has 0 radical (unpaired) electrons. The van der Waals surface area contributed by atoms with Crippen LogP contribution in [0.25, 0.3) is 0 Å². The monoisotopic (exact) mass is 408 g/mol. The Labute approximate surface area is 168 Å². The second kappa shape index (κ2) is 8.03. The molecule has 3 heterocycles. The number of likely N-dealkylation sites (tertiary alicyclic amines) is 1. The summed E-state index contributed by atoms with van der Waals surface area (Å²) in [4.78, 5) is 2.74. The summed E-state index contributed by atoms with van der Waals surface area (Å²) in [5, 5.41) is 9.87. The van der Waals surface area contributed by atoms with E-state index in [1.807, 2.05) is 19.1 Å². The highest BCUT2D eigenvalue weighted by Crippen LogP contribution is 2.43. The molecule has 0 bridgehead atoms. The van der Waals surface area contributed by atoms with Crippen molar-refractivity contribution in [2.24, 2.45) is 5.41 Å². The Bertz CT molecular complexity index is 789. The van der Waals surface area contributed by atoms with Crippen LogP contribution in [0.1, 0.15) is 37.7 Å². The van der Waals surface area contributed by atoms with Crippen LogP contribution < -0.4 is 0 Å². The van der Waals surface area contributed by atoms with Gasteiger partial charge in [0.15, 0.2) is 0 Å². The molecule has 7 heteroatoms. The molecule has 0 aromatic heterocycles. The van der Waals surface area contributed by atoms with Crippen molar-refractivity contribution in [3.63, 3.8) is 0 Å². The molecule has 1 aromatic rings. The average molecular weight is 409 g/mol. The second-order valence-corrected chi connectivity index (χ2v) is 10.8. The molecule has 1 aromatic carbocycles. The summed E-state index contributed by atoms with van der Waals surface area (Å²) in [5.74, 6) is 0. The van der Waals surface area contributed by atoms with Crippen LogP contribution in [-0.4, -0.2) is 74.3 Å². The molecule has 0 aliphatic carbocycles. The van der Waals surface area contributed by atoms with Crippen LogP contribution in [0.4, 0.5) is 0 Å². The van der Waals surface area contributed by atoms with E-state index in [9.17, 15) is 13.5 Å². The van der Waals surface area contributed by atoms with Gasteiger partial charge in [0.1, 0.15) is 0 Å². The number of β-amino-alcohol motifs (C(OH)–C–C–N with tert-alkyl or cyclic N) is 1. The van der Waals surface area contributed by atoms with Gasteiger partial charge in [-0.1, -0.05) is 18.2 Å². The van der Waals surface area contributed by atoms with E-state index >= 15 is 0 Å². The summed E-state index contributed by atoms with van der Waals surface area (Å²) in [6, 6.07) is 7.22. The van der Waals surface area contributed by atoms with E-state index in [-0.39, 0.29) is 17.6 Å². The number of rotatable bonds is 4. The van der Waals surface area contributed by atoms with Crippen molar-refractivity contribution in [1.29, 1.82) is 0 Å². The van der Waals surface area contributed by atoms with E-state index in [0.29, 0.717) is 18.0 Å². The number of aliphatic hydroxyl groups excluding tert-OH is 1. The standard InChI is InChI=1S/C21H32N2O4S/c1-17-5-2-3-7-20(17)28(25,26)23-11-8-21(9-12-23)13-19(27-16-21)15-22-10-4-6-18(24)14-22/h2-3,5,7,18-19,24H,4,6,8-16H2,1H3/t18-,19-/m1/s1. The molecule has 1 spiro atoms. The van der Waals surface area contributed by atoms with E-state index in [4.69, 9.17) is 4.74 Å². The van der Waals surface area contributed by atoms with Crippen molar-refractivity contribution in [1.82, 2.24) is 9.21 Å². The number of piperidine rings is 2. The summed E-state index contributed by atoms with van der Waals surface area (Å²) < 4.78 is 33.8. The smallest absolute Gasteiger partial charge is 0.243 e. The lowest BCUT2D eigenvalue weighted by Gasteiger charge is -2.38. The normalized spacial score (nSPS) is 29.4. The number of aliphatic hydroxyl groups is 1. The minimum absolute atomic E-state index is 0.108. The zero-order valence-electron chi connectivity index (χ0n) is 16.7. The quantitative estimate of drug-likeness (QED) is 0.825. The fraction of sp³-hybridized carbons (Fsp3) is 0.714. The molecule has 0 unspecified atom stereocenters. The van der Waals surface area contributed by atoms with Gasteiger partial charge in [-0.15, -0.1) is 0 Å². The van der Waals surface area contributed by atoms with Gasteiger partial charge < -0.3 is 9.84 Å². The molecule has 3 aliphatic heterocycles. The Hall–Kier alpha value is -0.990. The van der Waals surface area contributed by atoms with Crippen LogP contribution in [0.15, 0.2) is 29.2 Å². The largest absolute Gasteiger partial charge is 0.392 e. The average Bonchev–Trinajstić information content (AvgIpc) is 3.04. The van der Waals surface area contributed by atoms with E-state index in [1.165, 1.54) is 0 Å². The van der Waals surface area contributed by atoms with E-state index in [2.05, 4.69) is 4.90 Å². The van der Waals surface area contributed by atoms with Crippen molar-refractivity contribution >= 4 is 10.0 Å². The minimum Gasteiger partial charge on any atom is -0.392 e. The molecular weight excluding hydrogens is 376 g/mol. The van der Waals surface area contributed by atoms with Crippen LogP contribution in [0.5, 0.6) is 0 Å². The predicted molar refractivity (Wildman–Crippen MR) is 108 cm³/mol. The summed E-state index contributed by atoms with van der Waals surface area (Å²) >= 11 is 0. The first-order valence-electron chi connectivity index (χ1n) is 10.5. The minimum atomic E-state index is -3.42. The van der Waals surface area contributed by atoms with Crippen molar-refractivity contribution < 1.29 is 18.3 Å². The van der Waals surface area contributed by atoms with Gasteiger partial charge in [0.05, 0.1) is 23.7 Å². The maximum absolute atomic E-state index is 13.0. The molecule has 156 valence electrons. The predicted octanol–water partition coefficient (Wildman–Crippen LogP) is 2.01. The maximum atomic E-state index is 13.0. The molecule has 2 atom stereocenters. The van der Waals surface area contributed by atoms with Gasteiger partial charge in [0, 0.05) is 26.2 Å². The number of benzene rings is 1. The number of hydrogen-bond acceptors (Lipinski definition) is 5. The van der Waals surface area contributed by atoms with Gasteiger partial charge in [0.2, 0.25) is 10.0 Å². The lowest BCUT2D eigenvalue weighted by Crippen LogP contribution is -2.44. The summed E-state index contributed by atoms with van der Waals surface area (Å²) in [7, 11) is -3.42. The SMILES string of the molecule is Cc1ccccc1S(=O)(=O)N1CCC2(CC1)CO[C@@H](CN1CCC[C@@H](O)C1)C2. The highest BCUT2D eigenvalue weighted by atomic mass is 32.2. The van der Waals surface area contributed by atoms with Crippen molar-refractivity contribution in [2.45, 2.75) is 56.1 Å².